The number of methoxy groups -OCH3 is 1. The number of ether oxygens (including phenoxy) is 1. The topological polar surface area (TPSA) is 88.6 Å². The Bertz CT molecular complexity index is 613. The fourth-order valence-corrected chi connectivity index (χ4v) is 3.32. The van der Waals surface area contributed by atoms with E-state index in [-0.39, 0.29) is 35.9 Å². The lowest BCUT2D eigenvalue weighted by molar-refractivity contribution is -0.141. The van der Waals surface area contributed by atoms with Crippen LogP contribution in [0.15, 0.2) is 18.3 Å². The van der Waals surface area contributed by atoms with E-state index in [9.17, 15) is 14.4 Å². The number of nitrogens with one attached hydrogen (secondary N) is 1. The second-order valence-electron chi connectivity index (χ2n) is 4.76. The van der Waals surface area contributed by atoms with Crippen LogP contribution in [-0.4, -0.2) is 65.4 Å². The molecule has 1 fully saturated rings. The lowest BCUT2D eigenvalue weighted by Gasteiger charge is -2.31. The van der Waals surface area contributed by atoms with E-state index in [1.54, 1.807) is 11.0 Å². The lowest BCUT2D eigenvalue weighted by atomic mass is 10.3. The minimum atomic E-state index is -0.475. The number of thioether (sulfide) groups is 1. The standard InChI is InChI=1S/C14H16ClN3O4S/c1-22-14(21)11-8-18(4-5-23-11)12(19)7-17-13(20)10-6-9(15)2-3-16-10/h2-3,6,11H,4-5,7-8H2,1H3,(H,17,20)/t11-/m1/s1. The highest BCUT2D eigenvalue weighted by molar-refractivity contribution is 8.00. The zero-order chi connectivity index (χ0) is 16.8. The van der Waals surface area contributed by atoms with Crippen molar-refractivity contribution in [3.63, 3.8) is 0 Å². The van der Waals surface area contributed by atoms with Gasteiger partial charge in [-0.1, -0.05) is 11.6 Å². The molecule has 1 atom stereocenters. The molecule has 23 heavy (non-hydrogen) atoms. The predicted molar refractivity (Wildman–Crippen MR) is 86.4 cm³/mol. The number of pyridine rings is 1. The van der Waals surface area contributed by atoms with Crippen LogP contribution in [0, 0.1) is 0 Å². The zero-order valence-corrected chi connectivity index (χ0v) is 14.0. The van der Waals surface area contributed by atoms with Crippen molar-refractivity contribution in [2.24, 2.45) is 0 Å². The van der Waals surface area contributed by atoms with E-state index in [1.165, 1.54) is 31.1 Å². The molecule has 1 N–H and O–H groups in total. The average molecular weight is 358 g/mol. The van der Waals surface area contributed by atoms with Crippen molar-refractivity contribution in [1.82, 2.24) is 15.2 Å². The van der Waals surface area contributed by atoms with Crippen molar-refractivity contribution in [3.8, 4) is 0 Å². The zero-order valence-electron chi connectivity index (χ0n) is 12.5. The Morgan fingerprint density at radius 3 is 3.00 bits per heavy atom. The summed E-state index contributed by atoms with van der Waals surface area (Å²) in [6.45, 7) is 0.648. The monoisotopic (exact) mass is 357 g/mol. The number of carbonyl (C=O) groups excluding carboxylic acids is 3. The van der Waals surface area contributed by atoms with Crippen LogP contribution in [0.2, 0.25) is 5.02 Å². The third kappa shape index (κ3) is 4.84. The van der Waals surface area contributed by atoms with Crippen molar-refractivity contribution in [2.75, 3.05) is 32.5 Å². The van der Waals surface area contributed by atoms with E-state index >= 15 is 0 Å². The molecule has 0 bridgehead atoms. The molecule has 0 spiro atoms. The maximum atomic E-state index is 12.2. The van der Waals surface area contributed by atoms with Crippen molar-refractivity contribution >= 4 is 41.1 Å². The molecule has 2 heterocycles. The van der Waals surface area contributed by atoms with Gasteiger partial charge in [0, 0.05) is 30.1 Å². The van der Waals surface area contributed by atoms with E-state index in [0.717, 1.165) is 0 Å². The molecular weight excluding hydrogens is 342 g/mol. The summed E-state index contributed by atoms with van der Waals surface area (Å²) in [6, 6.07) is 2.98. The SMILES string of the molecule is COC(=O)[C@H]1CN(C(=O)CNC(=O)c2cc(Cl)ccn2)CCS1. The average Bonchev–Trinajstić information content (AvgIpc) is 2.58. The summed E-state index contributed by atoms with van der Waals surface area (Å²) in [5.41, 5.74) is 0.145. The molecule has 1 saturated heterocycles. The number of hydrogen-bond acceptors (Lipinski definition) is 6. The Morgan fingerprint density at radius 2 is 2.30 bits per heavy atom. The number of esters is 1. The van der Waals surface area contributed by atoms with Crippen LogP contribution >= 0.6 is 23.4 Å². The van der Waals surface area contributed by atoms with Crippen molar-refractivity contribution in [3.05, 3.63) is 29.0 Å². The van der Waals surface area contributed by atoms with Gasteiger partial charge in [0.25, 0.3) is 5.91 Å². The van der Waals surface area contributed by atoms with E-state index in [2.05, 4.69) is 10.3 Å². The molecule has 0 aliphatic carbocycles. The lowest BCUT2D eigenvalue weighted by Crippen LogP contribution is -2.48. The van der Waals surface area contributed by atoms with Crippen LogP contribution in [0.5, 0.6) is 0 Å². The molecule has 0 radical (unpaired) electrons. The first kappa shape index (κ1) is 17.6. The minimum absolute atomic E-state index is 0.145. The van der Waals surface area contributed by atoms with E-state index in [0.29, 0.717) is 17.3 Å². The van der Waals surface area contributed by atoms with Crippen LogP contribution < -0.4 is 5.32 Å². The molecule has 0 unspecified atom stereocenters. The molecule has 2 rings (SSSR count). The van der Waals surface area contributed by atoms with Crippen LogP contribution in [0.3, 0.4) is 0 Å². The summed E-state index contributed by atoms with van der Waals surface area (Å²) < 4.78 is 4.70. The van der Waals surface area contributed by atoms with Crippen LogP contribution in [0.4, 0.5) is 0 Å². The number of rotatable bonds is 4. The van der Waals surface area contributed by atoms with Gasteiger partial charge >= 0.3 is 5.97 Å². The normalized spacial score (nSPS) is 17.5. The highest BCUT2D eigenvalue weighted by Crippen LogP contribution is 2.19. The molecule has 1 aromatic heterocycles. The first-order valence-corrected chi connectivity index (χ1v) is 8.31. The van der Waals surface area contributed by atoms with E-state index in [1.807, 2.05) is 0 Å². The molecule has 9 heteroatoms. The van der Waals surface area contributed by atoms with Gasteiger partial charge < -0.3 is 15.0 Å². The second-order valence-corrected chi connectivity index (χ2v) is 6.51. The molecule has 1 aromatic rings. The minimum Gasteiger partial charge on any atom is -0.468 e. The molecule has 0 saturated carbocycles. The molecule has 7 nitrogen and oxygen atoms in total. The Kier molecular flexibility index (Phi) is 6.23. The van der Waals surface area contributed by atoms with E-state index < -0.39 is 5.91 Å². The van der Waals surface area contributed by atoms with Crippen molar-refractivity contribution < 1.29 is 19.1 Å². The van der Waals surface area contributed by atoms with E-state index in [4.69, 9.17) is 16.3 Å². The first-order chi connectivity index (χ1) is 11.0. The van der Waals surface area contributed by atoms with Gasteiger partial charge in [0.2, 0.25) is 5.91 Å². The quantitative estimate of drug-likeness (QED) is 0.793. The van der Waals surface area contributed by atoms with Crippen molar-refractivity contribution in [2.45, 2.75) is 5.25 Å². The molecule has 124 valence electrons. The van der Waals surface area contributed by atoms with Gasteiger partial charge in [-0.3, -0.25) is 19.4 Å². The second kappa shape index (κ2) is 8.16. The van der Waals surface area contributed by atoms with Gasteiger partial charge in [-0.05, 0) is 12.1 Å². The summed E-state index contributed by atoms with van der Waals surface area (Å²) >= 11 is 7.25. The highest BCUT2D eigenvalue weighted by atomic mass is 35.5. The summed E-state index contributed by atoms with van der Waals surface area (Å²) in [5, 5.41) is 2.51. The number of aromatic nitrogens is 1. The summed E-state index contributed by atoms with van der Waals surface area (Å²) in [6.07, 6.45) is 1.42. The number of nitrogens with zero attached hydrogens (tertiary/aromatic N) is 2. The fraction of sp³-hybridized carbons (Fsp3) is 0.429. The first-order valence-electron chi connectivity index (χ1n) is 6.88. The van der Waals surface area contributed by atoms with Gasteiger partial charge in [0.05, 0.1) is 13.7 Å². The van der Waals surface area contributed by atoms with Gasteiger partial charge in [0.1, 0.15) is 10.9 Å². The third-order valence-electron chi connectivity index (χ3n) is 3.24. The van der Waals surface area contributed by atoms with Crippen LogP contribution in [0.25, 0.3) is 0 Å². The van der Waals surface area contributed by atoms with Gasteiger partial charge in [-0.25, -0.2) is 0 Å². The highest BCUT2D eigenvalue weighted by Gasteiger charge is 2.29. The molecule has 1 aliphatic rings. The Hall–Kier alpha value is -1.80. The largest absolute Gasteiger partial charge is 0.468 e. The van der Waals surface area contributed by atoms with Crippen LogP contribution in [-0.2, 0) is 14.3 Å². The number of halogens is 1. The molecule has 2 amide bonds. The predicted octanol–water partition coefficient (Wildman–Crippen LogP) is 0.582. The van der Waals surface area contributed by atoms with Gasteiger partial charge in [-0.15, -0.1) is 11.8 Å². The van der Waals surface area contributed by atoms with Crippen molar-refractivity contribution in [1.29, 1.82) is 0 Å². The fourth-order valence-electron chi connectivity index (χ4n) is 2.04. The Labute approximate surface area is 142 Å². The van der Waals surface area contributed by atoms with Crippen LogP contribution in [0.1, 0.15) is 10.5 Å². The number of carbonyl (C=O) groups is 3. The Balaban J connectivity index is 1.87. The summed E-state index contributed by atoms with van der Waals surface area (Å²) in [7, 11) is 1.32. The summed E-state index contributed by atoms with van der Waals surface area (Å²) in [5.74, 6) is -0.430. The molecule has 1 aliphatic heterocycles. The number of hydrogen-bond donors (Lipinski definition) is 1. The molecule has 0 aromatic carbocycles. The van der Waals surface area contributed by atoms with Gasteiger partial charge in [0.15, 0.2) is 0 Å². The summed E-state index contributed by atoms with van der Waals surface area (Å²) in [4.78, 5) is 41.1. The Morgan fingerprint density at radius 1 is 1.52 bits per heavy atom. The maximum Gasteiger partial charge on any atom is 0.320 e. The smallest absolute Gasteiger partial charge is 0.320 e. The number of amides is 2. The molecular formula is C14H16ClN3O4S. The maximum absolute atomic E-state index is 12.2. The third-order valence-corrected chi connectivity index (χ3v) is 4.64. The van der Waals surface area contributed by atoms with Gasteiger partial charge in [-0.2, -0.15) is 0 Å².